The van der Waals surface area contributed by atoms with Gasteiger partial charge in [0.05, 0.1) is 5.69 Å². The summed E-state index contributed by atoms with van der Waals surface area (Å²) in [5, 5.41) is 5.17. The molecule has 1 aliphatic heterocycles. The number of aromatic nitrogens is 3. The van der Waals surface area contributed by atoms with Crippen molar-refractivity contribution in [2.45, 2.75) is 36.5 Å². The minimum Gasteiger partial charge on any atom is -0.309 e. The lowest BCUT2D eigenvalue weighted by atomic mass is 10.2. The van der Waals surface area contributed by atoms with Crippen molar-refractivity contribution >= 4 is 35.0 Å². The normalized spacial score (nSPS) is 19.4. The first-order chi connectivity index (χ1) is 10.6. The molecule has 1 aromatic carbocycles. The van der Waals surface area contributed by atoms with E-state index < -0.39 is 6.04 Å². The minimum absolute atomic E-state index is 0.00344. The third kappa shape index (κ3) is 2.98. The summed E-state index contributed by atoms with van der Waals surface area (Å²) >= 11 is 7.93. The second-order valence-corrected chi connectivity index (χ2v) is 7.29. The molecule has 3 rings (SSSR count). The van der Waals surface area contributed by atoms with Crippen LogP contribution in [-0.4, -0.2) is 32.5 Å². The molecule has 0 aliphatic carbocycles. The summed E-state index contributed by atoms with van der Waals surface area (Å²) in [6.07, 6.45) is 3.94. The first kappa shape index (κ1) is 15.4. The molecule has 2 aromatic rings. The van der Waals surface area contributed by atoms with Crippen LogP contribution in [0.25, 0.3) is 0 Å². The molecule has 2 atom stereocenters. The van der Waals surface area contributed by atoms with E-state index in [2.05, 4.69) is 17.0 Å². The Labute approximate surface area is 138 Å². The van der Waals surface area contributed by atoms with Crippen molar-refractivity contribution in [3.8, 4) is 0 Å². The molecule has 5 nitrogen and oxygen atoms in total. The highest BCUT2D eigenvalue weighted by Crippen LogP contribution is 2.39. The van der Waals surface area contributed by atoms with Crippen LogP contribution in [0.5, 0.6) is 0 Å². The molecular formula is C15H17ClN4OS. The molecule has 1 aromatic heterocycles. The lowest BCUT2D eigenvalue weighted by molar-refractivity contribution is -0.121. The SMILES string of the molecule is CC1CCN(C(=O)C(C)n2cncn2)c2cc(Cl)ccc2S1. The number of benzene rings is 1. The zero-order valence-electron chi connectivity index (χ0n) is 12.4. The van der Waals surface area contributed by atoms with E-state index in [1.165, 1.54) is 6.33 Å². The number of carbonyl (C=O) groups excluding carboxylic acids is 1. The molecule has 0 bridgehead atoms. The molecule has 22 heavy (non-hydrogen) atoms. The number of nitrogens with zero attached hydrogens (tertiary/aromatic N) is 4. The molecule has 116 valence electrons. The molecule has 0 spiro atoms. The zero-order valence-corrected chi connectivity index (χ0v) is 14.0. The predicted molar refractivity (Wildman–Crippen MR) is 88.5 cm³/mol. The van der Waals surface area contributed by atoms with Crippen molar-refractivity contribution in [1.29, 1.82) is 0 Å². The third-order valence-corrected chi connectivity index (χ3v) is 5.23. The highest BCUT2D eigenvalue weighted by molar-refractivity contribution is 8.00. The summed E-state index contributed by atoms with van der Waals surface area (Å²) in [5.74, 6) is 0.00344. The molecule has 0 fully saturated rings. The molecule has 1 amide bonds. The molecule has 7 heteroatoms. The highest BCUT2D eigenvalue weighted by Gasteiger charge is 2.28. The first-order valence-corrected chi connectivity index (χ1v) is 8.43. The Kier molecular flexibility index (Phi) is 4.40. The second kappa shape index (κ2) is 6.30. The highest BCUT2D eigenvalue weighted by atomic mass is 35.5. The molecule has 2 unspecified atom stereocenters. The van der Waals surface area contributed by atoms with Gasteiger partial charge in [0.15, 0.2) is 0 Å². The van der Waals surface area contributed by atoms with Crippen molar-refractivity contribution in [1.82, 2.24) is 14.8 Å². The number of hydrogen-bond acceptors (Lipinski definition) is 4. The maximum Gasteiger partial charge on any atom is 0.251 e. The molecular weight excluding hydrogens is 320 g/mol. The van der Waals surface area contributed by atoms with Gasteiger partial charge in [-0.25, -0.2) is 9.67 Å². The van der Waals surface area contributed by atoms with Crippen LogP contribution in [0, 0.1) is 0 Å². The Morgan fingerprint density at radius 2 is 2.32 bits per heavy atom. The first-order valence-electron chi connectivity index (χ1n) is 7.18. The average Bonchev–Trinajstić information content (AvgIpc) is 2.98. The number of carbonyl (C=O) groups is 1. The van der Waals surface area contributed by atoms with Gasteiger partial charge in [-0.3, -0.25) is 4.79 Å². The van der Waals surface area contributed by atoms with Gasteiger partial charge in [0.1, 0.15) is 18.7 Å². The molecule has 2 heterocycles. The van der Waals surface area contributed by atoms with Gasteiger partial charge >= 0.3 is 0 Å². The predicted octanol–water partition coefficient (Wildman–Crippen LogP) is 3.41. The molecule has 0 saturated carbocycles. The van der Waals surface area contributed by atoms with Crippen molar-refractivity contribution < 1.29 is 4.79 Å². The van der Waals surface area contributed by atoms with E-state index in [0.29, 0.717) is 16.8 Å². The summed E-state index contributed by atoms with van der Waals surface area (Å²) in [5.41, 5.74) is 0.888. The third-order valence-electron chi connectivity index (χ3n) is 3.76. The summed E-state index contributed by atoms with van der Waals surface area (Å²) in [6, 6.07) is 5.33. The standard InChI is InChI=1S/C15H17ClN4OS/c1-10-5-6-19(13-7-12(16)3-4-14(13)22-10)15(21)11(2)20-9-17-8-18-20/h3-4,7-11H,5-6H2,1-2H3. The summed E-state index contributed by atoms with van der Waals surface area (Å²) < 4.78 is 1.58. The van der Waals surface area contributed by atoms with Gasteiger partial charge in [0.25, 0.3) is 5.91 Å². The van der Waals surface area contributed by atoms with Crippen LogP contribution in [0.2, 0.25) is 5.02 Å². The molecule has 0 radical (unpaired) electrons. The smallest absolute Gasteiger partial charge is 0.251 e. The quantitative estimate of drug-likeness (QED) is 0.843. The number of anilines is 1. The van der Waals surface area contributed by atoms with E-state index in [1.807, 2.05) is 30.0 Å². The lowest BCUT2D eigenvalue weighted by Gasteiger charge is -2.25. The lowest BCUT2D eigenvalue weighted by Crippen LogP contribution is -2.37. The summed E-state index contributed by atoms with van der Waals surface area (Å²) in [6.45, 7) is 4.69. The second-order valence-electron chi connectivity index (χ2n) is 5.37. The zero-order chi connectivity index (χ0) is 15.7. The fraction of sp³-hybridized carbons (Fsp3) is 0.400. The van der Waals surface area contributed by atoms with Crippen molar-refractivity contribution in [2.75, 3.05) is 11.4 Å². The molecule has 0 N–H and O–H groups in total. The number of fused-ring (bicyclic) bond motifs is 1. The van der Waals surface area contributed by atoms with E-state index in [4.69, 9.17) is 11.6 Å². The van der Waals surface area contributed by atoms with Crippen LogP contribution in [0.1, 0.15) is 26.3 Å². The summed E-state index contributed by atoms with van der Waals surface area (Å²) in [7, 11) is 0. The maximum absolute atomic E-state index is 12.9. The van der Waals surface area contributed by atoms with Crippen LogP contribution >= 0.6 is 23.4 Å². The number of rotatable bonds is 2. The Hall–Kier alpha value is -1.53. The van der Waals surface area contributed by atoms with Crippen LogP contribution in [-0.2, 0) is 4.79 Å². The van der Waals surface area contributed by atoms with Gasteiger partial charge in [-0.1, -0.05) is 18.5 Å². The van der Waals surface area contributed by atoms with Crippen LogP contribution in [0.4, 0.5) is 5.69 Å². The Morgan fingerprint density at radius 3 is 3.05 bits per heavy atom. The summed E-state index contributed by atoms with van der Waals surface area (Å²) in [4.78, 5) is 19.7. The number of amides is 1. The molecule has 0 saturated heterocycles. The van der Waals surface area contributed by atoms with Gasteiger partial charge in [-0.2, -0.15) is 5.10 Å². The maximum atomic E-state index is 12.9. The largest absolute Gasteiger partial charge is 0.309 e. The van der Waals surface area contributed by atoms with Gasteiger partial charge in [-0.15, -0.1) is 11.8 Å². The van der Waals surface area contributed by atoms with Crippen molar-refractivity contribution in [2.24, 2.45) is 0 Å². The van der Waals surface area contributed by atoms with Gasteiger partial charge < -0.3 is 4.90 Å². The van der Waals surface area contributed by atoms with Gasteiger partial charge in [0, 0.05) is 21.7 Å². The van der Waals surface area contributed by atoms with Gasteiger partial charge in [-0.05, 0) is 31.5 Å². The van der Waals surface area contributed by atoms with E-state index in [9.17, 15) is 4.79 Å². The minimum atomic E-state index is -0.396. The van der Waals surface area contributed by atoms with E-state index in [1.54, 1.807) is 22.8 Å². The Bertz CT molecular complexity index is 676. The van der Waals surface area contributed by atoms with Crippen LogP contribution in [0.15, 0.2) is 35.7 Å². The van der Waals surface area contributed by atoms with Gasteiger partial charge in [0.2, 0.25) is 0 Å². The topological polar surface area (TPSA) is 51.0 Å². The van der Waals surface area contributed by atoms with Crippen LogP contribution in [0.3, 0.4) is 0 Å². The molecule has 1 aliphatic rings. The van der Waals surface area contributed by atoms with Crippen LogP contribution < -0.4 is 4.90 Å². The van der Waals surface area contributed by atoms with E-state index >= 15 is 0 Å². The fourth-order valence-electron chi connectivity index (χ4n) is 2.49. The van der Waals surface area contributed by atoms with E-state index in [-0.39, 0.29) is 5.91 Å². The average molecular weight is 337 g/mol. The fourth-order valence-corrected chi connectivity index (χ4v) is 3.75. The van der Waals surface area contributed by atoms with E-state index in [0.717, 1.165) is 17.0 Å². The Balaban J connectivity index is 1.96. The number of halogens is 1. The monoisotopic (exact) mass is 336 g/mol. The van der Waals surface area contributed by atoms with Crippen molar-refractivity contribution in [3.05, 3.63) is 35.9 Å². The van der Waals surface area contributed by atoms with Crippen molar-refractivity contribution in [3.63, 3.8) is 0 Å². The number of hydrogen-bond donors (Lipinski definition) is 0. The number of thioether (sulfide) groups is 1. The Morgan fingerprint density at radius 1 is 1.50 bits per heavy atom.